The lowest BCUT2D eigenvalue weighted by molar-refractivity contribution is -0.666. The summed E-state index contributed by atoms with van der Waals surface area (Å²) >= 11 is 0. The molecule has 0 aliphatic carbocycles. The monoisotopic (exact) mass is 381 g/mol. The molecule has 0 spiro atoms. The minimum absolute atomic E-state index is 0.342. The summed E-state index contributed by atoms with van der Waals surface area (Å²) in [6.45, 7) is 3.04. The molecule has 148 valence electrons. The highest BCUT2D eigenvalue weighted by molar-refractivity contribution is 5.87. The lowest BCUT2D eigenvalue weighted by Gasteiger charge is -2.16. The van der Waals surface area contributed by atoms with Gasteiger partial charge in [0.15, 0.2) is 0 Å². The van der Waals surface area contributed by atoms with E-state index in [1.807, 2.05) is 18.2 Å². The van der Waals surface area contributed by atoms with E-state index in [9.17, 15) is 5.11 Å². The average molecular weight is 381 g/mol. The first-order valence-electron chi connectivity index (χ1n) is 10.1. The Balaban J connectivity index is 1.52. The molecule has 1 aromatic heterocycles. The molecule has 28 heavy (non-hydrogen) atoms. The van der Waals surface area contributed by atoms with Crippen LogP contribution in [0.2, 0.25) is 0 Å². The van der Waals surface area contributed by atoms with Crippen molar-refractivity contribution in [3.63, 3.8) is 0 Å². The van der Waals surface area contributed by atoms with Gasteiger partial charge in [0.2, 0.25) is 0 Å². The fraction of sp³-hybridized carbons (Fsp3) is 0.391. The van der Waals surface area contributed by atoms with E-state index in [1.54, 1.807) is 7.11 Å². The number of nitrogens with two attached hydrogens (primary N) is 1. The Bertz CT molecular complexity index is 898. The number of hydrogen-bond acceptors (Lipinski definition) is 3. The van der Waals surface area contributed by atoms with E-state index in [4.69, 9.17) is 9.47 Å². The molecule has 1 fully saturated rings. The van der Waals surface area contributed by atoms with Gasteiger partial charge in [-0.3, -0.25) is 0 Å². The van der Waals surface area contributed by atoms with E-state index in [0.29, 0.717) is 19.2 Å². The van der Waals surface area contributed by atoms with E-state index >= 15 is 0 Å². The predicted molar refractivity (Wildman–Crippen MR) is 111 cm³/mol. The van der Waals surface area contributed by atoms with Gasteiger partial charge in [-0.05, 0) is 54.8 Å². The summed E-state index contributed by atoms with van der Waals surface area (Å²) in [7, 11) is 1.68. The minimum Gasteiger partial charge on any atom is -0.497 e. The van der Waals surface area contributed by atoms with Gasteiger partial charge in [-0.25, -0.2) is 0 Å². The summed E-state index contributed by atoms with van der Waals surface area (Å²) in [4.78, 5) is 0. The second-order valence-electron chi connectivity index (χ2n) is 7.48. The smallest absolute Gasteiger partial charge is 0.121 e. The van der Waals surface area contributed by atoms with E-state index in [-0.39, 0.29) is 0 Å². The molecule has 5 heteroatoms. The molecule has 5 nitrogen and oxygen atoms in total. The van der Waals surface area contributed by atoms with Crippen molar-refractivity contribution >= 4 is 10.9 Å². The van der Waals surface area contributed by atoms with E-state index in [0.717, 1.165) is 48.5 Å². The second kappa shape index (κ2) is 8.78. The normalized spacial score (nSPS) is 17.9. The topological polar surface area (TPSA) is 60.2 Å². The van der Waals surface area contributed by atoms with Gasteiger partial charge in [0, 0.05) is 23.2 Å². The number of nitrogens with zero attached hydrogens (tertiary/aromatic N) is 1. The maximum atomic E-state index is 10.7. The maximum absolute atomic E-state index is 10.7. The second-order valence-corrected chi connectivity index (χ2v) is 7.48. The van der Waals surface area contributed by atoms with Crippen LogP contribution < -0.4 is 10.1 Å². The van der Waals surface area contributed by atoms with E-state index in [2.05, 4.69) is 46.3 Å². The molecule has 3 N–H and O–H groups in total. The Morgan fingerprint density at radius 2 is 2.04 bits per heavy atom. The Kier molecular flexibility index (Phi) is 5.95. The molecule has 0 unspecified atom stereocenters. The van der Waals surface area contributed by atoms with Crippen LogP contribution in [0.15, 0.2) is 54.6 Å². The van der Waals surface area contributed by atoms with Gasteiger partial charge in [0.1, 0.15) is 31.0 Å². The van der Waals surface area contributed by atoms with Crippen molar-refractivity contribution in [1.82, 2.24) is 4.57 Å². The number of aliphatic hydroxyl groups is 1. The first-order chi connectivity index (χ1) is 13.7. The molecule has 2 heterocycles. The molecular formula is C23H29N2O3+. The molecule has 0 saturated carbocycles. The molecule has 1 saturated heterocycles. The van der Waals surface area contributed by atoms with Crippen LogP contribution in [-0.4, -0.2) is 48.7 Å². The van der Waals surface area contributed by atoms with Gasteiger partial charge in [-0.1, -0.05) is 18.2 Å². The number of aromatic nitrogens is 1. The van der Waals surface area contributed by atoms with Crippen LogP contribution in [0.5, 0.6) is 5.75 Å². The van der Waals surface area contributed by atoms with Gasteiger partial charge in [-0.15, -0.1) is 0 Å². The number of quaternary nitrogens is 1. The lowest BCUT2D eigenvalue weighted by atomic mass is 10.1. The third kappa shape index (κ3) is 4.22. The minimum atomic E-state index is -0.422. The quantitative estimate of drug-likeness (QED) is 0.630. The molecule has 0 radical (unpaired) electrons. The largest absolute Gasteiger partial charge is 0.497 e. The van der Waals surface area contributed by atoms with Crippen LogP contribution in [0.4, 0.5) is 0 Å². The van der Waals surface area contributed by atoms with Gasteiger partial charge >= 0.3 is 0 Å². The van der Waals surface area contributed by atoms with Crippen LogP contribution in [0.1, 0.15) is 12.8 Å². The van der Waals surface area contributed by atoms with E-state index in [1.165, 1.54) is 5.39 Å². The van der Waals surface area contributed by atoms with Gasteiger partial charge < -0.3 is 24.5 Å². The molecule has 0 amide bonds. The number of para-hydroxylation sites is 1. The highest BCUT2D eigenvalue weighted by Crippen LogP contribution is 2.29. The summed E-state index contributed by atoms with van der Waals surface area (Å²) in [6, 6.07) is 18.6. The molecule has 2 atom stereocenters. The molecule has 4 rings (SSSR count). The summed E-state index contributed by atoms with van der Waals surface area (Å²) in [5.41, 5.74) is 3.38. The zero-order valence-electron chi connectivity index (χ0n) is 16.4. The number of fused-ring (bicyclic) bond motifs is 1. The van der Waals surface area contributed by atoms with E-state index < -0.39 is 6.10 Å². The first-order valence-corrected chi connectivity index (χ1v) is 10.1. The third-order valence-corrected chi connectivity index (χ3v) is 5.48. The first kappa shape index (κ1) is 19.0. The zero-order chi connectivity index (χ0) is 19.3. The fourth-order valence-corrected chi connectivity index (χ4v) is 4.00. The van der Waals surface area contributed by atoms with Crippen molar-refractivity contribution in [1.29, 1.82) is 0 Å². The molecule has 1 aliphatic heterocycles. The molecule has 0 bridgehead atoms. The number of ether oxygens (including phenoxy) is 2. The fourth-order valence-electron chi connectivity index (χ4n) is 4.00. The summed E-state index contributed by atoms with van der Waals surface area (Å²) < 4.78 is 13.2. The number of aliphatic hydroxyl groups excluding tert-OH is 1. The van der Waals surface area contributed by atoms with Crippen molar-refractivity contribution in [3.8, 4) is 17.0 Å². The van der Waals surface area contributed by atoms with Gasteiger partial charge in [0.05, 0.1) is 13.7 Å². The SMILES string of the molecule is COc1ccc(-c2cc3ccccc3n2C[C@H](O)C[NH2+]C[C@@H]2CCCO2)cc1. The van der Waals surface area contributed by atoms with Crippen LogP contribution in [0.3, 0.4) is 0 Å². The number of rotatable bonds is 8. The summed E-state index contributed by atoms with van der Waals surface area (Å²) in [6.07, 6.45) is 2.21. The van der Waals surface area contributed by atoms with Crippen molar-refractivity contribution in [2.45, 2.75) is 31.6 Å². The number of benzene rings is 2. The average Bonchev–Trinajstić information content (AvgIpc) is 3.36. The number of hydrogen-bond donors (Lipinski definition) is 2. The highest BCUT2D eigenvalue weighted by Gasteiger charge is 2.19. The Morgan fingerprint density at radius 3 is 2.79 bits per heavy atom. The number of methoxy groups -OCH3 is 1. The Hall–Kier alpha value is -2.34. The molecule has 2 aromatic carbocycles. The highest BCUT2D eigenvalue weighted by atomic mass is 16.5. The zero-order valence-corrected chi connectivity index (χ0v) is 16.4. The summed E-state index contributed by atoms with van der Waals surface area (Å²) in [5, 5.41) is 14.1. The van der Waals surface area contributed by atoms with Crippen LogP contribution in [0, 0.1) is 0 Å². The van der Waals surface area contributed by atoms with Crippen molar-refractivity contribution in [2.75, 3.05) is 26.8 Å². The van der Waals surface area contributed by atoms with Crippen molar-refractivity contribution in [2.24, 2.45) is 0 Å². The van der Waals surface area contributed by atoms with Crippen LogP contribution in [0.25, 0.3) is 22.2 Å². The van der Waals surface area contributed by atoms with Crippen LogP contribution >= 0.6 is 0 Å². The maximum Gasteiger partial charge on any atom is 0.121 e. The van der Waals surface area contributed by atoms with Crippen molar-refractivity contribution < 1.29 is 19.9 Å². The Morgan fingerprint density at radius 1 is 1.21 bits per heavy atom. The summed E-state index contributed by atoms with van der Waals surface area (Å²) in [5.74, 6) is 0.843. The lowest BCUT2D eigenvalue weighted by Crippen LogP contribution is -2.88. The van der Waals surface area contributed by atoms with Crippen molar-refractivity contribution in [3.05, 3.63) is 54.6 Å². The van der Waals surface area contributed by atoms with Gasteiger partial charge in [0.25, 0.3) is 0 Å². The third-order valence-electron chi connectivity index (χ3n) is 5.48. The van der Waals surface area contributed by atoms with Crippen LogP contribution in [-0.2, 0) is 11.3 Å². The molecule has 3 aromatic rings. The molecule has 1 aliphatic rings. The predicted octanol–water partition coefficient (Wildman–Crippen LogP) is 2.42. The van der Waals surface area contributed by atoms with Gasteiger partial charge in [-0.2, -0.15) is 0 Å². The Labute approximate surface area is 165 Å². The molecular weight excluding hydrogens is 352 g/mol. The standard InChI is InChI=1S/C23H28N2O3/c1-27-20-10-8-17(9-11-20)23-13-18-5-2-3-7-22(18)25(23)16-19(26)14-24-15-21-6-4-12-28-21/h2-3,5,7-11,13,19,21,24,26H,4,6,12,14-16H2,1H3/p+1/t19-,21+/m1/s1.